The molecule has 0 saturated heterocycles. The number of methoxy groups -OCH3 is 1. The predicted molar refractivity (Wildman–Crippen MR) is 166 cm³/mol. The number of ether oxygens (including phenoxy) is 1. The molecule has 2 amide bonds. The number of amides is 2. The first kappa shape index (κ1) is 29.9. The van der Waals surface area contributed by atoms with E-state index in [0.717, 1.165) is 11.8 Å². The van der Waals surface area contributed by atoms with Crippen LogP contribution >= 0.6 is 11.6 Å². The number of nitrogens with one attached hydrogen (secondary N) is 1. The molecular weight excluding hydrogens is 637 g/mol. The summed E-state index contributed by atoms with van der Waals surface area (Å²) in [6.07, 6.45) is -1.56. The molecule has 1 aliphatic rings. The quantitative estimate of drug-likeness (QED) is 0.211. The summed E-state index contributed by atoms with van der Waals surface area (Å²) in [5.41, 5.74) is -0.162. The number of anilines is 2. The first-order valence-electron chi connectivity index (χ1n) is 14.0. The fourth-order valence-electron chi connectivity index (χ4n) is 5.62. The monoisotopic (exact) mass is 658 g/mol. The van der Waals surface area contributed by atoms with Crippen LogP contribution in [0.4, 0.5) is 24.5 Å². The Labute approximate surface area is 269 Å². The number of benzene rings is 3. The summed E-state index contributed by atoms with van der Waals surface area (Å²) < 4.78 is 51.3. The lowest BCUT2D eigenvalue weighted by Crippen LogP contribution is -2.26. The molecule has 7 rings (SSSR count). The van der Waals surface area contributed by atoms with Gasteiger partial charge in [0.15, 0.2) is 11.5 Å². The highest BCUT2D eigenvalue weighted by Gasteiger charge is 2.41. The molecule has 0 atom stereocenters. The van der Waals surface area contributed by atoms with E-state index in [1.807, 2.05) is 12.1 Å². The van der Waals surface area contributed by atoms with Gasteiger partial charge in [-0.15, -0.1) is 0 Å². The zero-order valence-corrected chi connectivity index (χ0v) is 25.3. The number of carbonyl (C=O) groups is 2. The van der Waals surface area contributed by atoms with Crippen molar-refractivity contribution in [1.29, 1.82) is 0 Å². The molecule has 47 heavy (non-hydrogen) atoms. The molecule has 0 unspecified atom stereocenters. The second-order valence-corrected chi connectivity index (χ2v) is 11.0. The molecule has 0 spiro atoms. The van der Waals surface area contributed by atoms with E-state index >= 15 is 0 Å². The number of aromatic nitrogens is 6. The summed E-state index contributed by atoms with van der Waals surface area (Å²) in [5.74, 6) is 0.0542. The van der Waals surface area contributed by atoms with Gasteiger partial charge in [0.05, 0.1) is 53.7 Å². The van der Waals surface area contributed by atoms with Crippen molar-refractivity contribution in [2.24, 2.45) is 0 Å². The number of rotatable bonds is 7. The van der Waals surface area contributed by atoms with Crippen LogP contribution in [-0.4, -0.2) is 48.5 Å². The maximum atomic E-state index is 14.7. The molecule has 11 nitrogen and oxygen atoms in total. The van der Waals surface area contributed by atoms with Gasteiger partial charge in [-0.2, -0.15) is 28.1 Å². The number of alkyl halides is 3. The molecule has 3 aromatic carbocycles. The van der Waals surface area contributed by atoms with Gasteiger partial charge in [0.1, 0.15) is 17.9 Å². The summed E-state index contributed by atoms with van der Waals surface area (Å²) >= 11 is 6.34. The summed E-state index contributed by atoms with van der Waals surface area (Å²) in [6.45, 7) is 1.93. The summed E-state index contributed by atoms with van der Waals surface area (Å²) in [4.78, 5) is 36.5. The Balaban J connectivity index is 1.24. The van der Waals surface area contributed by atoms with Crippen molar-refractivity contribution in [1.82, 2.24) is 29.5 Å². The van der Waals surface area contributed by atoms with E-state index in [0.29, 0.717) is 38.3 Å². The van der Waals surface area contributed by atoms with Crippen LogP contribution < -0.4 is 15.0 Å². The molecule has 0 fully saturated rings. The average Bonchev–Trinajstić information content (AvgIpc) is 3.76. The molecule has 3 aromatic heterocycles. The summed E-state index contributed by atoms with van der Waals surface area (Å²) in [6, 6.07) is 16.5. The Morgan fingerprint density at radius 2 is 1.74 bits per heavy atom. The van der Waals surface area contributed by atoms with Crippen LogP contribution in [0.15, 0.2) is 79.4 Å². The van der Waals surface area contributed by atoms with Crippen molar-refractivity contribution in [3.05, 3.63) is 113 Å². The van der Waals surface area contributed by atoms with E-state index in [-0.39, 0.29) is 34.7 Å². The topological polar surface area (TPSA) is 120 Å². The molecule has 1 aliphatic heterocycles. The fourth-order valence-corrected chi connectivity index (χ4v) is 5.86. The van der Waals surface area contributed by atoms with E-state index < -0.39 is 23.3 Å². The zero-order valence-electron chi connectivity index (χ0n) is 24.6. The number of carbonyl (C=O) groups excluding carboxylic acids is 2. The van der Waals surface area contributed by atoms with Gasteiger partial charge < -0.3 is 15.0 Å². The first-order valence-corrected chi connectivity index (χ1v) is 14.4. The fraction of sp³-hybridized carbons (Fsp3) is 0.125. The maximum absolute atomic E-state index is 14.7. The van der Waals surface area contributed by atoms with Crippen LogP contribution in [0.2, 0.25) is 5.02 Å². The van der Waals surface area contributed by atoms with E-state index in [1.165, 1.54) is 29.3 Å². The smallest absolute Gasteiger partial charge is 0.434 e. The van der Waals surface area contributed by atoms with Crippen molar-refractivity contribution in [2.75, 3.05) is 17.3 Å². The van der Waals surface area contributed by atoms with Gasteiger partial charge in [-0.05, 0) is 48.9 Å². The third kappa shape index (κ3) is 5.12. The van der Waals surface area contributed by atoms with Crippen LogP contribution in [0.3, 0.4) is 0 Å². The minimum Gasteiger partial charge on any atom is -0.497 e. The number of pyridine rings is 1. The highest BCUT2D eigenvalue weighted by atomic mass is 35.5. The van der Waals surface area contributed by atoms with Crippen LogP contribution in [0.1, 0.15) is 37.8 Å². The van der Waals surface area contributed by atoms with Crippen molar-refractivity contribution < 1.29 is 27.5 Å². The van der Waals surface area contributed by atoms with Gasteiger partial charge in [-0.25, -0.2) is 14.6 Å². The van der Waals surface area contributed by atoms with Gasteiger partial charge in [0, 0.05) is 16.3 Å². The highest BCUT2D eigenvalue weighted by Crippen LogP contribution is 2.42. The van der Waals surface area contributed by atoms with Crippen molar-refractivity contribution in [2.45, 2.75) is 19.6 Å². The van der Waals surface area contributed by atoms with Gasteiger partial charge in [0.2, 0.25) is 0 Å². The second-order valence-electron chi connectivity index (χ2n) is 10.6. The molecule has 4 heterocycles. The molecule has 0 saturated carbocycles. The van der Waals surface area contributed by atoms with E-state index in [9.17, 15) is 22.8 Å². The molecule has 0 aliphatic carbocycles. The first-order chi connectivity index (χ1) is 22.5. The number of aryl methyl sites for hydroxylation is 1. The third-order valence-corrected chi connectivity index (χ3v) is 8.05. The Kier molecular flexibility index (Phi) is 7.16. The van der Waals surface area contributed by atoms with E-state index in [4.69, 9.17) is 16.3 Å². The predicted octanol–water partition coefficient (Wildman–Crippen LogP) is 6.40. The Bertz CT molecular complexity index is 2210. The lowest BCUT2D eigenvalue weighted by atomic mass is 10.0. The number of hydrogen-bond acceptors (Lipinski definition) is 7. The molecule has 15 heteroatoms. The van der Waals surface area contributed by atoms with Crippen LogP contribution in [0.25, 0.3) is 22.3 Å². The van der Waals surface area contributed by atoms with Gasteiger partial charge in [0.25, 0.3) is 11.8 Å². The molecule has 6 aromatic rings. The Hall–Kier alpha value is -5.76. The highest BCUT2D eigenvalue weighted by molar-refractivity contribution is 6.32. The minimum atomic E-state index is -4.98. The van der Waals surface area contributed by atoms with Gasteiger partial charge in [-0.3, -0.25) is 9.59 Å². The Morgan fingerprint density at radius 1 is 0.979 bits per heavy atom. The minimum absolute atomic E-state index is 0.0494. The van der Waals surface area contributed by atoms with Crippen molar-refractivity contribution in [3.8, 4) is 17.3 Å². The number of nitrogens with zero attached hydrogens (tertiary/aromatic N) is 7. The molecule has 1 N–H and O–H groups in total. The lowest BCUT2D eigenvalue weighted by molar-refractivity contribution is -0.143. The molecular formula is C32H22ClF3N8O3. The maximum Gasteiger partial charge on any atom is 0.434 e. The van der Waals surface area contributed by atoms with Crippen molar-refractivity contribution >= 4 is 45.6 Å². The van der Waals surface area contributed by atoms with E-state index in [1.54, 1.807) is 55.3 Å². The van der Waals surface area contributed by atoms with Crippen LogP contribution in [0.5, 0.6) is 5.75 Å². The zero-order chi connectivity index (χ0) is 33.0. The van der Waals surface area contributed by atoms with Gasteiger partial charge >= 0.3 is 6.18 Å². The lowest BCUT2D eigenvalue weighted by Gasteiger charge is -2.19. The average molecular weight is 659 g/mol. The summed E-state index contributed by atoms with van der Waals surface area (Å²) in [7, 11) is 1.56. The van der Waals surface area contributed by atoms with Crippen LogP contribution in [-0.2, 0) is 12.7 Å². The van der Waals surface area contributed by atoms with Crippen molar-refractivity contribution in [3.63, 3.8) is 0 Å². The molecule has 0 bridgehead atoms. The number of hydrogen-bond donors (Lipinski definition) is 1. The third-order valence-electron chi connectivity index (χ3n) is 7.77. The normalized spacial score (nSPS) is 12.6. The van der Waals surface area contributed by atoms with Crippen LogP contribution in [0, 0.1) is 6.92 Å². The Morgan fingerprint density at radius 3 is 2.43 bits per heavy atom. The second kappa shape index (κ2) is 11.2. The largest absolute Gasteiger partial charge is 0.497 e. The molecule has 236 valence electrons. The summed E-state index contributed by atoms with van der Waals surface area (Å²) in [5, 5.41) is 11.4. The SMILES string of the molecule is COc1ccc(CN2C(=O)c3cccc4c(-n5ncc(C(=O)Nc6cnc(-n7ncnc7C)c(Cl)c6)c5C(F)(F)F)ccc2c34)cc1. The number of halogens is 4. The molecule has 0 radical (unpaired) electrons. The van der Waals surface area contributed by atoms with Gasteiger partial charge in [-0.1, -0.05) is 35.9 Å². The van der Waals surface area contributed by atoms with E-state index in [2.05, 4.69) is 25.5 Å². The standard InChI is InChI=1S/C32H22ClF3N8O3/c1-17-38-16-40-43(17)29-24(33)12-19(13-37-29)41-30(45)23-14-39-44(28(23)32(34,35)36)25-10-11-26-27-21(25)4-3-5-22(27)31(46)42(26)15-18-6-8-20(47-2)9-7-18/h3-14,16H,15H2,1-2H3,(H,41,45).